The van der Waals surface area contributed by atoms with E-state index in [9.17, 15) is 0 Å². The first-order valence-electron chi connectivity index (χ1n) is 6.69. The third-order valence-electron chi connectivity index (χ3n) is 3.44. The fraction of sp³-hybridized carbons (Fsp3) is 0.250. The summed E-state index contributed by atoms with van der Waals surface area (Å²) in [6.45, 7) is 5.31. The zero-order valence-corrected chi connectivity index (χ0v) is 11.7. The molecule has 0 spiro atoms. The van der Waals surface area contributed by atoms with Gasteiger partial charge in [-0.05, 0) is 30.9 Å². The number of rotatable bonds is 4. The summed E-state index contributed by atoms with van der Waals surface area (Å²) < 4.78 is 5.56. The fourth-order valence-corrected chi connectivity index (χ4v) is 2.26. The largest absolute Gasteiger partial charge is 0.444 e. The molecular formula is C16H17N3O. The highest BCUT2D eigenvalue weighted by atomic mass is 16.4. The molecule has 3 rings (SSSR count). The second kappa shape index (κ2) is 5.43. The van der Waals surface area contributed by atoms with Crippen molar-refractivity contribution in [3.05, 3.63) is 59.6 Å². The lowest BCUT2D eigenvalue weighted by atomic mass is 10.1. The average molecular weight is 267 g/mol. The standard InChI is InChI=1S/C16H17N3O/c1-11-12(2)20-16(19-11)10-18-9-14-5-3-4-13-8-17-7-6-15(13)14/h3-8,18H,9-10H2,1-2H3. The van der Waals surface area contributed by atoms with Crippen molar-refractivity contribution in [1.82, 2.24) is 15.3 Å². The maximum atomic E-state index is 5.56. The zero-order chi connectivity index (χ0) is 13.9. The minimum Gasteiger partial charge on any atom is -0.444 e. The number of fused-ring (bicyclic) bond motifs is 1. The van der Waals surface area contributed by atoms with E-state index >= 15 is 0 Å². The first kappa shape index (κ1) is 12.8. The number of hydrogen-bond acceptors (Lipinski definition) is 4. The molecule has 4 nitrogen and oxygen atoms in total. The van der Waals surface area contributed by atoms with Crippen molar-refractivity contribution in [2.24, 2.45) is 0 Å². The van der Waals surface area contributed by atoms with Gasteiger partial charge in [-0.15, -0.1) is 0 Å². The van der Waals surface area contributed by atoms with Crippen molar-refractivity contribution < 1.29 is 4.42 Å². The van der Waals surface area contributed by atoms with Gasteiger partial charge in [-0.1, -0.05) is 18.2 Å². The Morgan fingerprint density at radius 1 is 1.15 bits per heavy atom. The van der Waals surface area contributed by atoms with Crippen molar-refractivity contribution in [1.29, 1.82) is 0 Å². The highest BCUT2D eigenvalue weighted by Crippen LogP contribution is 2.17. The highest BCUT2D eigenvalue weighted by Gasteiger charge is 2.05. The normalized spacial score (nSPS) is 11.1. The molecule has 1 aromatic carbocycles. The van der Waals surface area contributed by atoms with E-state index in [0.29, 0.717) is 6.54 Å². The van der Waals surface area contributed by atoms with E-state index in [-0.39, 0.29) is 0 Å². The molecule has 2 aromatic heterocycles. The Kier molecular flexibility index (Phi) is 3.48. The van der Waals surface area contributed by atoms with Crippen LogP contribution in [0.3, 0.4) is 0 Å². The predicted octanol–water partition coefficient (Wildman–Crippen LogP) is 3.13. The first-order chi connectivity index (χ1) is 9.74. The van der Waals surface area contributed by atoms with Crippen LogP contribution >= 0.6 is 0 Å². The Hall–Kier alpha value is -2.20. The molecule has 0 fully saturated rings. The summed E-state index contributed by atoms with van der Waals surface area (Å²) in [5, 5.41) is 5.77. The number of aromatic nitrogens is 2. The van der Waals surface area contributed by atoms with Gasteiger partial charge in [-0.2, -0.15) is 0 Å². The smallest absolute Gasteiger partial charge is 0.208 e. The van der Waals surface area contributed by atoms with Crippen LogP contribution in [0.25, 0.3) is 10.8 Å². The Morgan fingerprint density at radius 3 is 2.85 bits per heavy atom. The van der Waals surface area contributed by atoms with E-state index in [4.69, 9.17) is 4.42 Å². The number of pyridine rings is 1. The topological polar surface area (TPSA) is 51.0 Å². The number of nitrogens with zero attached hydrogens (tertiary/aromatic N) is 2. The second-order valence-electron chi connectivity index (χ2n) is 4.87. The van der Waals surface area contributed by atoms with Crippen LogP contribution < -0.4 is 5.32 Å². The number of benzene rings is 1. The van der Waals surface area contributed by atoms with Crippen LogP contribution in [0.2, 0.25) is 0 Å². The van der Waals surface area contributed by atoms with Crippen LogP contribution in [-0.2, 0) is 13.1 Å². The summed E-state index contributed by atoms with van der Waals surface area (Å²) in [7, 11) is 0. The molecule has 0 aliphatic heterocycles. The molecule has 3 aromatic rings. The molecule has 4 heteroatoms. The van der Waals surface area contributed by atoms with E-state index in [2.05, 4.69) is 33.5 Å². The molecule has 0 amide bonds. The summed E-state index contributed by atoms with van der Waals surface area (Å²) in [6.07, 6.45) is 3.71. The summed E-state index contributed by atoms with van der Waals surface area (Å²) in [5.74, 6) is 1.62. The lowest BCUT2D eigenvalue weighted by Gasteiger charge is -2.06. The Labute approximate surface area is 117 Å². The van der Waals surface area contributed by atoms with Gasteiger partial charge >= 0.3 is 0 Å². The van der Waals surface area contributed by atoms with Gasteiger partial charge in [0.2, 0.25) is 5.89 Å². The maximum absolute atomic E-state index is 5.56. The molecule has 0 aliphatic rings. The summed E-state index contributed by atoms with van der Waals surface area (Å²) in [4.78, 5) is 8.51. The van der Waals surface area contributed by atoms with Crippen LogP contribution in [0.4, 0.5) is 0 Å². The van der Waals surface area contributed by atoms with E-state index in [1.54, 1.807) is 0 Å². The third kappa shape index (κ3) is 2.56. The van der Waals surface area contributed by atoms with E-state index in [0.717, 1.165) is 29.3 Å². The van der Waals surface area contributed by atoms with Crippen molar-refractivity contribution >= 4 is 10.8 Å². The van der Waals surface area contributed by atoms with Crippen LogP contribution in [0.5, 0.6) is 0 Å². The van der Waals surface area contributed by atoms with Crippen LogP contribution in [0.15, 0.2) is 41.1 Å². The summed E-state index contributed by atoms with van der Waals surface area (Å²) in [5.41, 5.74) is 2.21. The Balaban J connectivity index is 1.71. The fourth-order valence-electron chi connectivity index (χ4n) is 2.26. The molecule has 20 heavy (non-hydrogen) atoms. The van der Waals surface area contributed by atoms with Crippen LogP contribution in [-0.4, -0.2) is 9.97 Å². The molecule has 102 valence electrons. The zero-order valence-electron chi connectivity index (χ0n) is 11.7. The van der Waals surface area contributed by atoms with Crippen molar-refractivity contribution in [2.75, 3.05) is 0 Å². The monoisotopic (exact) mass is 267 g/mol. The van der Waals surface area contributed by atoms with E-state index in [1.807, 2.05) is 32.3 Å². The van der Waals surface area contributed by atoms with Gasteiger partial charge < -0.3 is 9.73 Å². The first-order valence-corrected chi connectivity index (χ1v) is 6.69. The minimum absolute atomic E-state index is 0.635. The van der Waals surface area contributed by atoms with Crippen LogP contribution in [0.1, 0.15) is 22.9 Å². The molecule has 0 atom stereocenters. The number of hydrogen-bond donors (Lipinski definition) is 1. The van der Waals surface area contributed by atoms with Crippen molar-refractivity contribution in [3.63, 3.8) is 0 Å². The van der Waals surface area contributed by atoms with Crippen LogP contribution in [0, 0.1) is 13.8 Å². The molecule has 0 bridgehead atoms. The molecule has 0 saturated carbocycles. The molecule has 1 N–H and O–H groups in total. The Bertz CT molecular complexity index is 709. The van der Waals surface area contributed by atoms with Gasteiger partial charge in [0, 0.05) is 24.3 Å². The average Bonchev–Trinajstić information content (AvgIpc) is 2.78. The van der Waals surface area contributed by atoms with Gasteiger partial charge in [0.05, 0.1) is 12.2 Å². The SMILES string of the molecule is Cc1nc(CNCc2cccc3cnccc23)oc1C. The molecule has 0 saturated heterocycles. The molecule has 0 unspecified atom stereocenters. The lowest BCUT2D eigenvalue weighted by Crippen LogP contribution is -2.13. The molecule has 0 aliphatic carbocycles. The van der Waals surface area contributed by atoms with Crippen molar-refractivity contribution in [2.45, 2.75) is 26.9 Å². The molecule has 2 heterocycles. The minimum atomic E-state index is 0.635. The lowest BCUT2D eigenvalue weighted by molar-refractivity contribution is 0.449. The maximum Gasteiger partial charge on any atom is 0.208 e. The van der Waals surface area contributed by atoms with E-state index < -0.39 is 0 Å². The molecule has 0 radical (unpaired) electrons. The van der Waals surface area contributed by atoms with Gasteiger partial charge in [-0.3, -0.25) is 4.98 Å². The van der Waals surface area contributed by atoms with Crippen molar-refractivity contribution in [3.8, 4) is 0 Å². The van der Waals surface area contributed by atoms with Gasteiger partial charge in [0.25, 0.3) is 0 Å². The number of nitrogens with one attached hydrogen (secondary N) is 1. The van der Waals surface area contributed by atoms with Gasteiger partial charge in [-0.25, -0.2) is 4.98 Å². The third-order valence-corrected chi connectivity index (χ3v) is 3.44. The van der Waals surface area contributed by atoms with E-state index in [1.165, 1.54) is 10.9 Å². The summed E-state index contributed by atoms with van der Waals surface area (Å²) >= 11 is 0. The van der Waals surface area contributed by atoms with Gasteiger partial charge in [0.1, 0.15) is 5.76 Å². The van der Waals surface area contributed by atoms with Gasteiger partial charge in [0.15, 0.2) is 0 Å². The number of aryl methyl sites for hydroxylation is 2. The molecular weight excluding hydrogens is 250 g/mol. The quantitative estimate of drug-likeness (QED) is 0.789. The number of oxazole rings is 1. The second-order valence-corrected chi connectivity index (χ2v) is 4.87. The summed E-state index contributed by atoms with van der Waals surface area (Å²) in [6, 6.07) is 8.31. The highest BCUT2D eigenvalue weighted by molar-refractivity contribution is 5.84. The predicted molar refractivity (Wildman–Crippen MR) is 78.3 cm³/mol. The Morgan fingerprint density at radius 2 is 2.05 bits per heavy atom.